The molecule has 0 amide bonds. The maximum atomic E-state index is 11.5. The summed E-state index contributed by atoms with van der Waals surface area (Å²) in [5.41, 5.74) is -1.38. The van der Waals surface area contributed by atoms with Gasteiger partial charge in [0.05, 0.1) is 19.5 Å². The molecule has 2 aliphatic rings. The van der Waals surface area contributed by atoms with E-state index in [2.05, 4.69) is 0 Å². The van der Waals surface area contributed by atoms with Gasteiger partial charge in [0.25, 0.3) is 0 Å². The molecule has 2 saturated heterocycles. The Morgan fingerprint density at radius 3 is 2.56 bits per heavy atom. The zero-order chi connectivity index (χ0) is 13.7. The van der Waals surface area contributed by atoms with Crippen LogP contribution in [0.15, 0.2) is 0 Å². The molecule has 2 fully saturated rings. The van der Waals surface area contributed by atoms with E-state index in [-0.39, 0.29) is 6.61 Å². The predicted molar refractivity (Wildman–Crippen MR) is 59.1 cm³/mol. The summed E-state index contributed by atoms with van der Waals surface area (Å²) in [6.07, 6.45) is -2.83. The molecule has 2 bridgehead atoms. The Balaban J connectivity index is 2.31. The molecule has 18 heavy (non-hydrogen) atoms. The number of likely N-dealkylation sites (N-methyl/N-ethyl adjacent to an activating group) is 1. The molecule has 2 rings (SSSR count). The fraction of sp³-hybridized carbons (Fsp3) is 1.00. The molecular weight excluding hydrogens is 266 g/mol. The highest BCUT2D eigenvalue weighted by atomic mass is 32.2. The van der Waals surface area contributed by atoms with E-state index >= 15 is 0 Å². The quantitative estimate of drug-likeness (QED) is 0.508. The molecular formula is C9H17NO7S. The highest BCUT2D eigenvalue weighted by molar-refractivity contribution is 7.88. The predicted octanol–water partition coefficient (Wildman–Crippen LogP) is -2.91. The molecule has 0 aromatic rings. The lowest BCUT2D eigenvalue weighted by atomic mass is 9.88. The van der Waals surface area contributed by atoms with Crippen LogP contribution < -0.4 is 0 Å². The maximum absolute atomic E-state index is 11.5. The standard InChI is InChI=1S/C9H17NO7S/c1-10(18(2,14)15)5-6(12)7(13)9(3-11)4-16-8(5)17-9/h5-8,11-13H,3-4H2,1-2H3/t5-,6-,7-,8+,9+/m1/s1. The summed E-state index contributed by atoms with van der Waals surface area (Å²) in [5.74, 6) is 0. The van der Waals surface area contributed by atoms with Gasteiger partial charge in [-0.1, -0.05) is 0 Å². The molecule has 0 unspecified atom stereocenters. The topological polar surface area (TPSA) is 117 Å². The largest absolute Gasteiger partial charge is 0.393 e. The van der Waals surface area contributed by atoms with Gasteiger partial charge in [0.2, 0.25) is 10.0 Å². The van der Waals surface area contributed by atoms with E-state index in [9.17, 15) is 23.7 Å². The molecule has 2 aliphatic heterocycles. The van der Waals surface area contributed by atoms with Gasteiger partial charge in [-0.15, -0.1) is 0 Å². The van der Waals surface area contributed by atoms with Crippen LogP contribution in [0.3, 0.4) is 0 Å². The minimum Gasteiger partial charge on any atom is -0.393 e. The zero-order valence-electron chi connectivity index (χ0n) is 10.1. The maximum Gasteiger partial charge on any atom is 0.211 e. The molecule has 0 spiro atoms. The van der Waals surface area contributed by atoms with Crippen molar-refractivity contribution in [1.29, 1.82) is 0 Å². The minimum absolute atomic E-state index is 0.0967. The zero-order valence-corrected chi connectivity index (χ0v) is 10.9. The van der Waals surface area contributed by atoms with Crippen molar-refractivity contribution in [2.75, 3.05) is 26.5 Å². The van der Waals surface area contributed by atoms with Gasteiger partial charge in [0, 0.05) is 7.05 Å². The summed E-state index contributed by atoms with van der Waals surface area (Å²) in [5, 5.41) is 29.2. The second kappa shape index (κ2) is 4.37. The Labute approximate surface area is 105 Å². The summed E-state index contributed by atoms with van der Waals surface area (Å²) in [7, 11) is -2.30. The van der Waals surface area contributed by atoms with Crippen LogP contribution in [0.1, 0.15) is 0 Å². The van der Waals surface area contributed by atoms with Crippen LogP contribution in [0.2, 0.25) is 0 Å². The first-order valence-corrected chi connectivity index (χ1v) is 7.27. The van der Waals surface area contributed by atoms with E-state index in [1.54, 1.807) is 0 Å². The lowest BCUT2D eigenvalue weighted by molar-refractivity contribution is -0.242. The second-order valence-electron chi connectivity index (χ2n) is 4.73. The highest BCUT2D eigenvalue weighted by Crippen LogP contribution is 2.38. The molecule has 0 aliphatic carbocycles. The van der Waals surface area contributed by atoms with Crippen molar-refractivity contribution in [3.05, 3.63) is 0 Å². The number of nitrogens with zero attached hydrogens (tertiary/aromatic N) is 1. The van der Waals surface area contributed by atoms with E-state index in [0.29, 0.717) is 0 Å². The van der Waals surface area contributed by atoms with Crippen molar-refractivity contribution < 1.29 is 33.2 Å². The van der Waals surface area contributed by atoms with Crippen molar-refractivity contribution >= 4 is 10.0 Å². The van der Waals surface area contributed by atoms with Crippen molar-refractivity contribution in [2.24, 2.45) is 0 Å². The van der Waals surface area contributed by atoms with Crippen LogP contribution in [-0.4, -0.2) is 84.7 Å². The van der Waals surface area contributed by atoms with Crippen LogP contribution in [0.25, 0.3) is 0 Å². The molecule has 5 atom stereocenters. The molecule has 2 heterocycles. The van der Waals surface area contributed by atoms with E-state index in [0.717, 1.165) is 10.6 Å². The minimum atomic E-state index is -3.57. The van der Waals surface area contributed by atoms with Crippen molar-refractivity contribution in [3.8, 4) is 0 Å². The molecule has 9 heteroatoms. The van der Waals surface area contributed by atoms with Gasteiger partial charge < -0.3 is 24.8 Å². The van der Waals surface area contributed by atoms with E-state index in [1.807, 2.05) is 0 Å². The molecule has 8 nitrogen and oxygen atoms in total. The summed E-state index contributed by atoms with van der Waals surface area (Å²) >= 11 is 0. The van der Waals surface area contributed by atoms with Crippen LogP contribution in [0.5, 0.6) is 0 Å². The van der Waals surface area contributed by atoms with Gasteiger partial charge in [0.15, 0.2) is 6.29 Å². The van der Waals surface area contributed by atoms with E-state index in [4.69, 9.17) is 9.47 Å². The number of ether oxygens (including phenoxy) is 2. The number of sulfonamides is 1. The van der Waals surface area contributed by atoms with Crippen molar-refractivity contribution in [2.45, 2.75) is 30.1 Å². The number of hydrogen-bond donors (Lipinski definition) is 3. The molecule has 106 valence electrons. The molecule has 0 aromatic carbocycles. The third-order valence-electron chi connectivity index (χ3n) is 3.54. The van der Waals surface area contributed by atoms with Gasteiger partial charge in [0.1, 0.15) is 23.9 Å². The Morgan fingerprint density at radius 1 is 1.44 bits per heavy atom. The van der Waals surface area contributed by atoms with Gasteiger partial charge in [-0.2, -0.15) is 4.31 Å². The summed E-state index contributed by atoms with van der Waals surface area (Å²) < 4.78 is 34.5. The third kappa shape index (κ3) is 1.95. The fourth-order valence-electron chi connectivity index (χ4n) is 2.29. The molecule has 3 N–H and O–H groups in total. The third-order valence-corrected chi connectivity index (χ3v) is 4.83. The fourth-order valence-corrected chi connectivity index (χ4v) is 2.96. The number of hydrogen-bond acceptors (Lipinski definition) is 7. The van der Waals surface area contributed by atoms with Crippen LogP contribution in [0, 0.1) is 0 Å². The molecule has 0 radical (unpaired) electrons. The smallest absolute Gasteiger partial charge is 0.211 e. The summed E-state index contributed by atoms with van der Waals surface area (Å²) in [4.78, 5) is 0. The van der Waals surface area contributed by atoms with Crippen molar-refractivity contribution in [1.82, 2.24) is 4.31 Å². The first kappa shape index (κ1) is 14.1. The number of fused-ring (bicyclic) bond motifs is 2. The van der Waals surface area contributed by atoms with Gasteiger partial charge in [-0.3, -0.25) is 0 Å². The summed E-state index contributed by atoms with van der Waals surface area (Å²) in [6.45, 7) is -0.614. The van der Waals surface area contributed by atoms with Gasteiger partial charge >= 0.3 is 0 Å². The van der Waals surface area contributed by atoms with E-state index < -0.39 is 46.8 Å². The van der Waals surface area contributed by atoms with Crippen LogP contribution in [-0.2, 0) is 19.5 Å². The number of rotatable bonds is 3. The van der Waals surface area contributed by atoms with Gasteiger partial charge in [-0.05, 0) is 0 Å². The Kier molecular flexibility index (Phi) is 3.43. The monoisotopic (exact) mass is 283 g/mol. The first-order valence-electron chi connectivity index (χ1n) is 5.42. The number of aliphatic hydroxyl groups is 3. The van der Waals surface area contributed by atoms with E-state index in [1.165, 1.54) is 7.05 Å². The Morgan fingerprint density at radius 2 is 2.06 bits per heavy atom. The highest BCUT2D eigenvalue weighted by Gasteiger charge is 2.60. The SMILES string of the molecule is CN([C@H]1[C@H]2OC[C@](CO)(O2)[C@H](O)[C@@H]1O)S(C)(=O)=O. The second-order valence-corrected chi connectivity index (χ2v) is 6.77. The molecule has 0 saturated carbocycles. The first-order chi connectivity index (χ1) is 8.23. The Bertz CT molecular complexity index is 427. The van der Waals surface area contributed by atoms with Crippen molar-refractivity contribution in [3.63, 3.8) is 0 Å². The van der Waals surface area contributed by atoms with Gasteiger partial charge in [-0.25, -0.2) is 8.42 Å². The lowest BCUT2D eigenvalue weighted by Gasteiger charge is -2.44. The average molecular weight is 283 g/mol. The van der Waals surface area contributed by atoms with Crippen LogP contribution in [0.4, 0.5) is 0 Å². The average Bonchev–Trinajstić information content (AvgIpc) is 2.68. The molecule has 0 aromatic heterocycles. The summed E-state index contributed by atoms with van der Waals surface area (Å²) in [6, 6.07) is -1.04. The Hall–Kier alpha value is -0.290. The number of aliphatic hydroxyl groups excluding tert-OH is 3. The normalized spacial score (nSPS) is 44.6. The lowest BCUT2D eigenvalue weighted by Crippen LogP contribution is -2.66. The van der Waals surface area contributed by atoms with Crippen LogP contribution >= 0.6 is 0 Å².